The van der Waals surface area contributed by atoms with Crippen LogP contribution in [0.4, 0.5) is 0 Å². The van der Waals surface area contributed by atoms with E-state index >= 15 is 0 Å². The first kappa shape index (κ1) is 15.0. The molecule has 0 amide bonds. The number of rotatable bonds is 4. The molecule has 1 aliphatic heterocycles. The number of nitrogens with zero attached hydrogens (tertiary/aromatic N) is 4. The van der Waals surface area contributed by atoms with Crippen LogP contribution in [0.1, 0.15) is 41.7 Å². The molecule has 0 spiro atoms. The van der Waals surface area contributed by atoms with Crippen LogP contribution < -0.4 is 5.56 Å². The molecule has 118 valence electrons. The van der Waals surface area contributed by atoms with E-state index in [4.69, 9.17) is 0 Å². The van der Waals surface area contributed by atoms with E-state index in [1.54, 1.807) is 0 Å². The van der Waals surface area contributed by atoms with Crippen LogP contribution in [0.3, 0.4) is 0 Å². The zero-order valence-electron chi connectivity index (χ0n) is 13.5. The molecule has 2 aromatic heterocycles. The van der Waals surface area contributed by atoms with E-state index in [2.05, 4.69) is 40.0 Å². The summed E-state index contributed by atoms with van der Waals surface area (Å²) in [6.45, 7) is 9.42. The van der Waals surface area contributed by atoms with Crippen molar-refractivity contribution in [1.29, 1.82) is 0 Å². The number of aryl methyl sites for hydroxylation is 3. The number of aromatic nitrogens is 4. The van der Waals surface area contributed by atoms with Gasteiger partial charge in [0.25, 0.3) is 5.56 Å². The van der Waals surface area contributed by atoms with Gasteiger partial charge in [-0.05, 0) is 20.3 Å². The second-order valence-corrected chi connectivity index (χ2v) is 6.04. The van der Waals surface area contributed by atoms with Crippen molar-refractivity contribution >= 4 is 0 Å². The summed E-state index contributed by atoms with van der Waals surface area (Å²) in [5, 5.41) is 4.55. The SMILES string of the molecule is CCCn1cc(CN2CCc3nc(C)[nH]c(=O)c3C2)c(C)n1. The van der Waals surface area contributed by atoms with Crippen LogP contribution in [-0.4, -0.2) is 31.2 Å². The smallest absolute Gasteiger partial charge is 0.255 e. The maximum Gasteiger partial charge on any atom is 0.255 e. The van der Waals surface area contributed by atoms with Crippen LogP contribution in [0.2, 0.25) is 0 Å². The molecule has 6 heteroatoms. The minimum Gasteiger partial charge on any atom is -0.310 e. The molecule has 0 bridgehead atoms. The van der Waals surface area contributed by atoms with Gasteiger partial charge in [0, 0.05) is 44.4 Å². The number of H-pyrrole nitrogens is 1. The van der Waals surface area contributed by atoms with Crippen LogP contribution in [0.25, 0.3) is 0 Å². The second-order valence-electron chi connectivity index (χ2n) is 6.04. The minimum absolute atomic E-state index is 0.00519. The topological polar surface area (TPSA) is 66.8 Å². The lowest BCUT2D eigenvalue weighted by Gasteiger charge is -2.27. The Bertz CT molecular complexity index is 731. The molecule has 0 aliphatic carbocycles. The van der Waals surface area contributed by atoms with Gasteiger partial charge in [-0.1, -0.05) is 6.92 Å². The van der Waals surface area contributed by atoms with Gasteiger partial charge in [0.05, 0.1) is 17.0 Å². The Morgan fingerprint density at radius 3 is 2.95 bits per heavy atom. The van der Waals surface area contributed by atoms with Crippen LogP contribution in [0.15, 0.2) is 11.0 Å². The lowest BCUT2D eigenvalue weighted by Crippen LogP contribution is -2.35. The summed E-state index contributed by atoms with van der Waals surface area (Å²) in [4.78, 5) is 21.7. The van der Waals surface area contributed by atoms with Gasteiger partial charge >= 0.3 is 0 Å². The number of fused-ring (bicyclic) bond motifs is 1. The Labute approximate surface area is 130 Å². The normalized spacial score (nSPS) is 15.0. The first-order valence-corrected chi connectivity index (χ1v) is 7.90. The predicted molar refractivity (Wildman–Crippen MR) is 84.7 cm³/mol. The molecule has 6 nitrogen and oxygen atoms in total. The van der Waals surface area contributed by atoms with Crippen molar-refractivity contribution in [3.05, 3.63) is 44.9 Å². The standard InChI is InChI=1S/C16H23N5O/c1-4-6-21-9-13(11(2)19-21)8-20-7-5-15-14(10-20)16(22)18-12(3)17-15/h9H,4-8,10H2,1-3H3,(H,17,18,22). The van der Waals surface area contributed by atoms with Gasteiger partial charge in [0.2, 0.25) is 0 Å². The minimum atomic E-state index is 0.00519. The van der Waals surface area contributed by atoms with Crippen molar-refractivity contribution in [2.45, 2.75) is 53.2 Å². The van der Waals surface area contributed by atoms with E-state index in [9.17, 15) is 4.79 Å². The molecular formula is C16H23N5O. The molecule has 1 aliphatic rings. The maximum absolute atomic E-state index is 12.1. The molecule has 1 N–H and O–H groups in total. The van der Waals surface area contributed by atoms with E-state index < -0.39 is 0 Å². The zero-order valence-corrected chi connectivity index (χ0v) is 13.5. The Morgan fingerprint density at radius 1 is 1.36 bits per heavy atom. The van der Waals surface area contributed by atoms with Gasteiger partial charge in [-0.15, -0.1) is 0 Å². The Kier molecular flexibility index (Phi) is 4.11. The first-order chi connectivity index (χ1) is 10.6. The van der Waals surface area contributed by atoms with E-state index in [0.29, 0.717) is 12.4 Å². The Morgan fingerprint density at radius 2 is 2.18 bits per heavy atom. The summed E-state index contributed by atoms with van der Waals surface area (Å²) in [7, 11) is 0. The molecule has 2 aromatic rings. The van der Waals surface area contributed by atoms with E-state index in [1.165, 1.54) is 5.56 Å². The Hall–Kier alpha value is -1.95. The van der Waals surface area contributed by atoms with Crippen LogP contribution >= 0.6 is 0 Å². The van der Waals surface area contributed by atoms with Crippen LogP contribution in [-0.2, 0) is 26.1 Å². The zero-order chi connectivity index (χ0) is 15.7. The average Bonchev–Trinajstić information content (AvgIpc) is 2.80. The van der Waals surface area contributed by atoms with Crippen molar-refractivity contribution in [3.8, 4) is 0 Å². The molecule has 0 unspecified atom stereocenters. The van der Waals surface area contributed by atoms with Gasteiger partial charge < -0.3 is 4.98 Å². The van der Waals surface area contributed by atoms with Crippen molar-refractivity contribution in [3.63, 3.8) is 0 Å². The third-order valence-electron chi connectivity index (χ3n) is 4.16. The highest BCUT2D eigenvalue weighted by molar-refractivity contribution is 5.22. The first-order valence-electron chi connectivity index (χ1n) is 7.90. The molecular weight excluding hydrogens is 278 g/mol. The maximum atomic E-state index is 12.1. The van der Waals surface area contributed by atoms with Crippen molar-refractivity contribution in [1.82, 2.24) is 24.6 Å². The summed E-state index contributed by atoms with van der Waals surface area (Å²) in [6.07, 6.45) is 4.05. The second kappa shape index (κ2) is 6.04. The highest BCUT2D eigenvalue weighted by Gasteiger charge is 2.21. The molecule has 3 rings (SSSR count). The summed E-state index contributed by atoms with van der Waals surface area (Å²) in [5.41, 5.74) is 4.10. The van der Waals surface area contributed by atoms with Gasteiger partial charge in [0.1, 0.15) is 5.82 Å². The predicted octanol–water partition coefficient (Wildman–Crippen LogP) is 1.55. The molecule has 0 radical (unpaired) electrons. The average molecular weight is 301 g/mol. The molecule has 3 heterocycles. The number of aromatic amines is 1. The van der Waals surface area contributed by atoms with Gasteiger partial charge in [0.15, 0.2) is 0 Å². The fourth-order valence-electron chi connectivity index (χ4n) is 3.04. The summed E-state index contributed by atoms with van der Waals surface area (Å²) in [5.74, 6) is 0.703. The lowest BCUT2D eigenvalue weighted by atomic mass is 10.1. The fourth-order valence-corrected chi connectivity index (χ4v) is 3.04. The van der Waals surface area contributed by atoms with Crippen LogP contribution in [0, 0.1) is 13.8 Å². The number of hydrogen-bond donors (Lipinski definition) is 1. The summed E-state index contributed by atoms with van der Waals surface area (Å²) in [6, 6.07) is 0. The highest BCUT2D eigenvalue weighted by atomic mass is 16.1. The summed E-state index contributed by atoms with van der Waals surface area (Å²) < 4.78 is 2.01. The quantitative estimate of drug-likeness (QED) is 0.930. The molecule has 0 atom stereocenters. The highest BCUT2D eigenvalue weighted by Crippen LogP contribution is 2.17. The molecule has 22 heavy (non-hydrogen) atoms. The largest absolute Gasteiger partial charge is 0.310 e. The lowest BCUT2D eigenvalue weighted by molar-refractivity contribution is 0.241. The van der Waals surface area contributed by atoms with E-state index in [0.717, 1.165) is 49.4 Å². The fraction of sp³-hybridized carbons (Fsp3) is 0.562. The Balaban J connectivity index is 1.76. The van der Waals surface area contributed by atoms with Crippen molar-refractivity contribution in [2.75, 3.05) is 6.54 Å². The molecule has 0 fully saturated rings. The summed E-state index contributed by atoms with van der Waals surface area (Å²) >= 11 is 0. The van der Waals surface area contributed by atoms with Crippen molar-refractivity contribution in [2.24, 2.45) is 0 Å². The van der Waals surface area contributed by atoms with Gasteiger partial charge in [-0.25, -0.2) is 4.98 Å². The van der Waals surface area contributed by atoms with E-state index in [1.807, 2.05) is 11.6 Å². The van der Waals surface area contributed by atoms with Gasteiger partial charge in [-0.2, -0.15) is 5.10 Å². The molecule has 0 saturated heterocycles. The molecule has 0 saturated carbocycles. The third kappa shape index (κ3) is 2.97. The third-order valence-corrected chi connectivity index (χ3v) is 4.16. The number of hydrogen-bond acceptors (Lipinski definition) is 4. The van der Waals surface area contributed by atoms with Crippen LogP contribution in [0.5, 0.6) is 0 Å². The molecule has 0 aromatic carbocycles. The van der Waals surface area contributed by atoms with Crippen molar-refractivity contribution < 1.29 is 0 Å². The monoisotopic (exact) mass is 301 g/mol. The van der Waals surface area contributed by atoms with E-state index in [-0.39, 0.29) is 5.56 Å². The number of nitrogens with one attached hydrogen (secondary N) is 1. The van der Waals surface area contributed by atoms with Gasteiger partial charge in [-0.3, -0.25) is 14.4 Å².